The molecule has 2 aliphatic rings. The molecule has 0 bridgehead atoms. The third-order valence-electron chi connectivity index (χ3n) is 4.63. The number of likely N-dealkylation sites (N-methyl/N-ethyl adjacent to an activating group) is 1. The average molecular weight is 315 g/mol. The van der Waals surface area contributed by atoms with Crippen molar-refractivity contribution in [2.75, 3.05) is 25.5 Å². The highest BCUT2D eigenvalue weighted by molar-refractivity contribution is 6.00. The summed E-state index contributed by atoms with van der Waals surface area (Å²) < 4.78 is 0. The van der Waals surface area contributed by atoms with Gasteiger partial charge in [0.15, 0.2) is 0 Å². The first kappa shape index (κ1) is 15.5. The van der Waals surface area contributed by atoms with E-state index in [1.54, 1.807) is 22.9 Å². The highest BCUT2D eigenvalue weighted by Crippen LogP contribution is 2.24. The van der Waals surface area contributed by atoms with Gasteiger partial charge in [-0.25, -0.2) is 0 Å². The van der Waals surface area contributed by atoms with Gasteiger partial charge >= 0.3 is 0 Å². The molecular weight excluding hydrogens is 294 g/mol. The second-order valence-electron chi connectivity index (χ2n) is 6.21. The second kappa shape index (κ2) is 6.02. The van der Waals surface area contributed by atoms with Gasteiger partial charge in [0.2, 0.25) is 11.8 Å². The van der Waals surface area contributed by atoms with E-state index in [0.717, 1.165) is 18.4 Å². The average Bonchev–Trinajstić information content (AvgIpc) is 3.01. The lowest BCUT2D eigenvalue weighted by molar-refractivity contribution is -0.134. The predicted molar refractivity (Wildman–Crippen MR) is 86.1 cm³/mol. The summed E-state index contributed by atoms with van der Waals surface area (Å²) in [5.41, 5.74) is 2.26. The molecule has 6 nitrogen and oxygen atoms in total. The molecule has 0 spiro atoms. The molecule has 1 aromatic carbocycles. The number of nitrogens with zero attached hydrogens (tertiary/aromatic N) is 2. The third kappa shape index (κ3) is 2.93. The number of fused-ring (bicyclic) bond motifs is 1. The maximum Gasteiger partial charge on any atom is 0.253 e. The molecule has 1 N–H and O–H groups in total. The molecule has 0 aromatic heterocycles. The smallest absolute Gasteiger partial charge is 0.253 e. The van der Waals surface area contributed by atoms with Crippen LogP contribution in [0.3, 0.4) is 0 Å². The Labute approximate surface area is 135 Å². The lowest BCUT2D eigenvalue weighted by Crippen LogP contribution is -2.42. The highest BCUT2D eigenvalue weighted by Gasteiger charge is 2.32. The first-order valence-corrected chi connectivity index (χ1v) is 7.94. The Balaban J connectivity index is 1.77. The van der Waals surface area contributed by atoms with Crippen molar-refractivity contribution in [3.63, 3.8) is 0 Å². The molecule has 2 heterocycles. The lowest BCUT2D eigenvalue weighted by atomic mass is 9.98. The Morgan fingerprint density at radius 3 is 2.78 bits per heavy atom. The summed E-state index contributed by atoms with van der Waals surface area (Å²) in [4.78, 5) is 39.5. The van der Waals surface area contributed by atoms with Crippen LogP contribution in [-0.2, 0) is 16.0 Å². The minimum atomic E-state index is -0.415. The second-order valence-corrected chi connectivity index (χ2v) is 6.21. The number of hydrogen-bond acceptors (Lipinski definition) is 3. The van der Waals surface area contributed by atoms with Crippen LogP contribution in [0.1, 0.15) is 35.7 Å². The maximum absolute atomic E-state index is 12.4. The van der Waals surface area contributed by atoms with Gasteiger partial charge in [0.1, 0.15) is 6.04 Å². The van der Waals surface area contributed by atoms with Crippen LogP contribution in [0.5, 0.6) is 0 Å². The quantitative estimate of drug-likeness (QED) is 0.893. The number of carbonyl (C=O) groups excluding carboxylic acids is 3. The fourth-order valence-corrected chi connectivity index (χ4v) is 3.31. The summed E-state index contributed by atoms with van der Waals surface area (Å²) in [5.74, 6) is -0.285. The summed E-state index contributed by atoms with van der Waals surface area (Å²) in [6.45, 7) is 2.83. The first-order valence-electron chi connectivity index (χ1n) is 7.94. The van der Waals surface area contributed by atoms with Gasteiger partial charge in [-0.1, -0.05) is 6.07 Å². The third-order valence-corrected chi connectivity index (χ3v) is 4.63. The molecule has 0 aliphatic carbocycles. The van der Waals surface area contributed by atoms with E-state index in [0.29, 0.717) is 30.8 Å². The van der Waals surface area contributed by atoms with Gasteiger partial charge in [-0.3, -0.25) is 14.4 Å². The fourth-order valence-electron chi connectivity index (χ4n) is 3.31. The Bertz CT molecular complexity index is 671. The van der Waals surface area contributed by atoms with Crippen molar-refractivity contribution in [2.45, 2.75) is 32.2 Å². The lowest BCUT2D eigenvalue weighted by Gasteiger charge is -2.26. The van der Waals surface area contributed by atoms with Crippen LogP contribution in [0.25, 0.3) is 0 Å². The normalized spacial score (nSPS) is 20.4. The van der Waals surface area contributed by atoms with Crippen LogP contribution < -0.4 is 5.32 Å². The zero-order valence-electron chi connectivity index (χ0n) is 13.5. The van der Waals surface area contributed by atoms with E-state index >= 15 is 0 Å². The Kier molecular flexibility index (Phi) is 4.07. The van der Waals surface area contributed by atoms with Crippen molar-refractivity contribution < 1.29 is 14.4 Å². The van der Waals surface area contributed by atoms with E-state index in [4.69, 9.17) is 0 Å². The van der Waals surface area contributed by atoms with Crippen LogP contribution in [0.4, 0.5) is 5.69 Å². The van der Waals surface area contributed by atoms with Crippen LogP contribution >= 0.6 is 0 Å². The minimum Gasteiger partial charge on any atom is -0.341 e. The Morgan fingerprint density at radius 1 is 1.26 bits per heavy atom. The molecule has 6 heteroatoms. The van der Waals surface area contributed by atoms with Crippen LogP contribution in [0, 0.1) is 0 Å². The van der Waals surface area contributed by atoms with E-state index in [2.05, 4.69) is 5.32 Å². The van der Waals surface area contributed by atoms with Crippen molar-refractivity contribution in [3.05, 3.63) is 29.3 Å². The standard InChI is InChI=1S/C17H21N3O3/c1-11(21)20-8-3-4-15(20)16(22)18-13-6-5-12-7-9-19(2)17(23)14(12)10-13/h5-6,10,15H,3-4,7-9H2,1-2H3,(H,18,22). The Hall–Kier alpha value is -2.37. The van der Waals surface area contributed by atoms with Gasteiger partial charge in [-0.15, -0.1) is 0 Å². The zero-order chi connectivity index (χ0) is 16.6. The van der Waals surface area contributed by atoms with Gasteiger partial charge in [0.05, 0.1) is 0 Å². The Morgan fingerprint density at radius 2 is 2.04 bits per heavy atom. The number of hydrogen-bond donors (Lipinski definition) is 1. The zero-order valence-corrected chi connectivity index (χ0v) is 13.5. The van der Waals surface area contributed by atoms with Crippen molar-refractivity contribution in [1.82, 2.24) is 9.80 Å². The molecule has 1 saturated heterocycles. The molecule has 1 aromatic rings. The number of nitrogens with one attached hydrogen (secondary N) is 1. The van der Waals surface area contributed by atoms with Crippen molar-refractivity contribution >= 4 is 23.4 Å². The van der Waals surface area contributed by atoms with Crippen molar-refractivity contribution in [3.8, 4) is 0 Å². The summed E-state index contributed by atoms with van der Waals surface area (Å²) >= 11 is 0. The van der Waals surface area contributed by atoms with Crippen LogP contribution in [0.2, 0.25) is 0 Å². The van der Waals surface area contributed by atoms with Gasteiger partial charge in [-0.2, -0.15) is 0 Å². The predicted octanol–water partition coefficient (Wildman–Crippen LogP) is 1.26. The molecule has 1 fully saturated rings. The van der Waals surface area contributed by atoms with Gasteiger partial charge in [-0.05, 0) is 37.0 Å². The van der Waals surface area contributed by atoms with Gasteiger partial charge in [0.25, 0.3) is 5.91 Å². The number of carbonyl (C=O) groups is 3. The first-order chi connectivity index (χ1) is 11.0. The van der Waals surface area contributed by atoms with Crippen LogP contribution in [0.15, 0.2) is 18.2 Å². The molecule has 3 rings (SSSR count). The fraction of sp³-hybridized carbons (Fsp3) is 0.471. The van der Waals surface area contributed by atoms with Gasteiger partial charge in [0, 0.05) is 38.3 Å². The SMILES string of the molecule is CC(=O)N1CCCC1C(=O)Nc1ccc2c(c1)C(=O)N(C)CC2. The molecule has 23 heavy (non-hydrogen) atoms. The molecule has 1 atom stereocenters. The summed E-state index contributed by atoms with van der Waals surface area (Å²) in [7, 11) is 1.78. The van der Waals surface area contributed by atoms with Crippen LogP contribution in [-0.4, -0.2) is 53.7 Å². The molecule has 122 valence electrons. The van der Waals surface area contributed by atoms with Gasteiger partial charge < -0.3 is 15.1 Å². The molecule has 0 radical (unpaired) electrons. The molecule has 0 saturated carbocycles. The number of amides is 3. The van der Waals surface area contributed by atoms with Crippen molar-refractivity contribution in [1.29, 1.82) is 0 Å². The summed E-state index contributed by atoms with van der Waals surface area (Å²) in [6, 6.07) is 5.04. The topological polar surface area (TPSA) is 69.7 Å². The van der Waals surface area contributed by atoms with E-state index in [1.165, 1.54) is 6.92 Å². The molecular formula is C17H21N3O3. The number of likely N-dealkylation sites (tertiary alicyclic amines) is 1. The van der Waals surface area contributed by atoms with E-state index < -0.39 is 6.04 Å². The highest BCUT2D eigenvalue weighted by atomic mass is 16.2. The number of benzene rings is 1. The van der Waals surface area contributed by atoms with E-state index in [9.17, 15) is 14.4 Å². The van der Waals surface area contributed by atoms with E-state index in [-0.39, 0.29) is 17.7 Å². The molecule has 2 aliphatic heterocycles. The minimum absolute atomic E-state index is 0.0198. The summed E-state index contributed by atoms with van der Waals surface area (Å²) in [6.07, 6.45) is 2.34. The monoisotopic (exact) mass is 315 g/mol. The summed E-state index contributed by atoms with van der Waals surface area (Å²) in [5, 5.41) is 2.85. The molecule has 3 amide bonds. The van der Waals surface area contributed by atoms with Crippen molar-refractivity contribution in [2.24, 2.45) is 0 Å². The number of rotatable bonds is 2. The molecule has 1 unspecified atom stereocenters. The number of anilines is 1. The maximum atomic E-state index is 12.4. The largest absolute Gasteiger partial charge is 0.341 e. The van der Waals surface area contributed by atoms with E-state index in [1.807, 2.05) is 12.1 Å².